The zero-order valence-electron chi connectivity index (χ0n) is 12.6. The van der Waals surface area contributed by atoms with Crippen LogP contribution in [0.25, 0.3) is 0 Å². The first kappa shape index (κ1) is 16.0. The number of methoxy groups -OCH3 is 1. The van der Waals surface area contributed by atoms with E-state index in [2.05, 4.69) is 0 Å². The van der Waals surface area contributed by atoms with Gasteiger partial charge in [0.05, 0.1) is 7.11 Å². The van der Waals surface area contributed by atoms with Crippen LogP contribution in [0.5, 0.6) is 5.75 Å². The number of benzene rings is 1. The molecule has 1 amide bonds. The molecule has 1 rings (SSSR count). The van der Waals surface area contributed by atoms with Crippen molar-refractivity contribution < 1.29 is 19.4 Å². The van der Waals surface area contributed by atoms with Crippen LogP contribution in [0.2, 0.25) is 0 Å². The summed E-state index contributed by atoms with van der Waals surface area (Å²) in [4.78, 5) is 25.2. The van der Waals surface area contributed by atoms with Gasteiger partial charge in [0.15, 0.2) is 0 Å². The highest BCUT2D eigenvalue weighted by molar-refractivity contribution is 5.98. The lowest BCUT2D eigenvalue weighted by Gasteiger charge is -2.34. The molecule has 0 atom stereocenters. The Morgan fingerprint density at radius 2 is 1.95 bits per heavy atom. The van der Waals surface area contributed by atoms with E-state index in [0.29, 0.717) is 17.9 Å². The third-order valence-electron chi connectivity index (χ3n) is 3.41. The summed E-state index contributed by atoms with van der Waals surface area (Å²) in [6.45, 7) is 6.98. The van der Waals surface area contributed by atoms with Crippen LogP contribution in [0.4, 0.5) is 0 Å². The Morgan fingerprint density at radius 1 is 1.35 bits per heavy atom. The van der Waals surface area contributed by atoms with E-state index in [4.69, 9.17) is 4.74 Å². The Bertz CT molecular complexity index is 523. The van der Waals surface area contributed by atoms with Gasteiger partial charge in [-0.3, -0.25) is 4.79 Å². The van der Waals surface area contributed by atoms with Crippen LogP contribution in [0.3, 0.4) is 0 Å². The Balaban J connectivity index is 3.18. The summed E-state index contributed by atoms with van der Waals surface area (Å²) in [6.07, 6.45) is 0. The summed E-state index contributed by atoms with van der Waals surface area (Å²) in [5.74, 6) is -0.745. The van der Waals surface area contributed by atoms with Crippen molar-refractivity contribution in [1.29, 1.82) is 0 Å². The molecule has 0 aliphatic rings. The van der Waals surface area contributed by atoms with Crippen LogP contribution in [0, 0.1) is 6.92 Å². The zero-order chi connectivity index (χ0) is 15.5. The molecular weight excluding hydrogens is 258 g/mol. The smallest absolute Gasteiger partial charge is 0.329 e. The van der Waals surface area contributed by atoms with Gasteiger partial charge in [-0.25, -0.2) is 4.79 Å². The average Bonchev–Trinajstić information content (AvgIpc) is 2.39. The van der Waals surface area contributed by atoms with E-state index >= 15 is 0 Å². The molecular formula is C15H21NO4. The number of aryl methyl sites for hydroxylation is 1. The molecule has 0 saturated carbocycles. The number of ether oxygens (including phenoxy) is 1. The molecule has 5 nitrogen and oxygen atoms in total. The first-order chi connectivity index (χ1) is 9.25. The third kappa shape index (κ3) is 2.92. The molecule has 1 aromatic rings. The fourth-order valence-electron chi connectivity index (χ4n) is 2.02. The topological polar surface area (TPSA) is 66.8 Å². The van der Waals surface area contributed by atoms with E-state index in [9.17, 15) is 14.7 Å². The van der Waals surface area contributed by atoms with Crippen LogP contribution in [-0.4, -0.2) is 41.1 Å². The van der Waals surface area contributed by atoms with Gasteiger partial charge < -0.3 is 14.7 Å². The Kier molecular flexibility index (Phi) is 4.76. The minimum Gasteiger partial charge on any atom is -0.496 e. The monoisotopic (exact) mass is 279 g/mol. The molecule has 0 heterocycles. The molecule has 0 aromatic heterocycles. The number of carboxylic acids is 1. The SMILES string of the molecule is CCN(C(=O)c1ccc(C)c(OC)c1)C(C)(C)C(=O)O. The van der Waals surface area contributed by atoms with Crippen LogP contribution in [0.15, 0.2) is 18.2 Å². The minimum absolute atomic E-state index is 0.314. The summed E-state index contributed by atoms with van der Waals surface area (Å²) in [5, 5.41) is 9.26. The van der Waals surface area contributed by atoms with E-state index in [0.717, 1.165) is 5.56 Å². The number of carbonyl (C=O) groups excluding carboxylic acids is 1. The fraction of sp³-hybridized carbons (Fsp3) is 0.467. The van der Waals surface area contributed by atoms with Crippen molar-refractivity contribution in [3.8, 4) is 5.75 Å². The fourth-order valence-corrected chi connectivity index (χ4v) is 2.02. The number of likely N-dealkylation sites (N-methyl/N-ethyl adjacent to an activating group) is 1. The van der Waals surface area contributed by atoms with Gasteiger partial charge in [-0.1, -0.05) is 6.07 Å². The number of carboxylic acid groups (broad SMARTS) is 1. The predicted molar refractivity (Wildman–Crippen MR) is 76.2 cm³/mol. The highest BCUT2D eigenvalue weighted by Crippen LogP contribution is 2.23. The highest BCUT2D eigenvalue weighted by Gasteiger charge is 2.37. The third-order valence-corrected chi connectivity index (χ3v) is 3.41. The molecule has 0 spiro atoms. The first-order valence-electron chi connectivity index (χ1n) is 6.45. The number of carbonyl (C=O) groups is 2. The molecule has 1 aromatic carbocycles. The standard InChI is InChI=1S/C15H21NO4/c1-6-16(15(3,4)14(18)19)13(17)11-8-7-10(2)12(9-11)20-5/h7-9H,6H2,1-5H3,(H,18,19). The molecule has 20 heavy (non-hydrogen) atoms. The van der Waals surface area contributed by atoms with Crippen molar-refractivity contribution in [3.63, 3.8) is 0 Å². The summed E-state index contributed by atoms with van der Waals surface area (Å²) in [7, 11) is 1.54. The number of rotatable bonds is 5. The van der Waals surface area contributed by atoms with Gasteiger partial charge in [-0.05, 0) is 45.4 Å². The van der Waals surface area contributed by atoms with E-state index in [-0.39, 0.29) is 5.91 Å². The van der Waals surface area contributed by atoms with Crippen molar-refractivity contribution in [2.45, 2.75) is 33.2 Å². The second kappa shape index (κ2) is 5.94. The van der Waals surface area contributed by atoms with Crippen LogP contribution < -0.4 is 4.74 Å². The predicted octanol–water partition coefficient (Wildman–Crippen LogP) is 2.33. The van der Waals surface area contributed by atoms with Gasteiger partial charge in [0, 0.05) is 12.1 Å². The van der Waals surface area contributed by atoms with Gasteiger partial charge in [0.1, 0.15) is 11.3 Å². The van der Waals surface area contributed by atoms with Crippen LogP contribution in [-0.2, 0) is 4.79 Å². The van der Waals surface area contributed by atoms with E-state index < -0.39 is 11.5 Å². The molecule has 0 unspecified atom stereocenters. The molecule has 110 valence electrons. The van der Waals surface area contributed by atoms with Crippen molar-refractivity contribution in [3.05, 3.63) is 29.3 Å². The van der Waals surface area contributed by atoms with Gasteiger partial charge in [0.2, 0.25) is 0 Å². The highest BCUT2D eigenvalue weighted by atomic mass is 16.5. The quantitative estimate of drug-likeness (QED) is 0.898. The largest absolute Gasteiger partial charge is 0.496 e. The van der Waals surface area contributed by atoms with E-state index in [1.165, 1.54) is 25.9 Å². The minimum atomic E-state index is -1.26. The van der Waals surface area contributed by atoms with Crippen molar-refractivity contribution in [2.24, 2.45) is 0 Å². The number of nitrogens with zero attached hydrogens (tertiary/aromatic N) is 1. The molecule has 5 heteroatoms. The first-order valence-corrected chi connectivity index (χ1v) is 6.45. The molecule has 0 bridgehead atoms. The second-order valence-electron chi connectivity index (χ2n) is 5.10. The molecule has 0 saturated heterocycles. The van der Waals surface area contributed by atoms with Crippen molar-refractivity contribution in [1.82, 2.24) is 4.90 Å². The summed E-state index contributed by atoms with van der Waals surface area (Å²) < 4.78 is 5.20. The average molecular weight is 279 g/mol. The van der Waals surface area contributed by atoms with Gasteiger partial charge in [-0.15, -0.1) is 0 Å². The summed E-state index contributed by atoms with van der Waals surface area (Å²) in [6, 6.07) is 5.10. The molecule has 0 radical (unpaired) electrons. The van der Waals surface area contributed by atoms with Gasteiger partial charge in [-0.2, -0.15) is 0 Å². The molecule has 1 N–H and O–H groups in total. The lowest BCUT2D eigenvalue weighted by molar-refractivity contribution is -0.147. The maximum Gasteiger partial charge on any atom is 0.329 e. The Hall–Kier alpha value is -2.04. The second-order valence-corrected chi connectivity index (χ2v) is 5.10. The summed E-state index contributed by atoms with van der Waals surface area (Å²) in [5.41, 5.74) is 0.0810. The maximum absolute atomic E-state index is 12.5. The summed E-state index contributed by atoms with van der Waals surface area (Å²) >= 11 is 0. The lowest BCUT2D eigenvalue weighted by atomic mass is 10.0. The number of amides is 1. The normalized spacial score (nSPS) is 11.1. The van der Waals surface area contributed by atoms with Crippen LogP contribution in [0.1, 0.15) is 36.7 Å². The lowest BCUT2D eigenvalue weighted by Crippen LogP contribution is -2.52. The van der Waals surface area contributed by atoms with Crippen LogP contribution >= 0.6 is 0 Å². The number of hydrogen-bond donors (Lipinski definition) is 1. The molecule has 0 fully saturated rings. The Labute approximate surface area is 119 Å². The van der Waals surface area contributed by atoms with Gasteiger partial charge in [0.25, 0.3) is 5.91 Å². The number of hydrogen-bond acceptors (Lipinski definition) is 3. The molecule has 0 aliphatic carbocycles. The number of aliphatic carboxylic acids is 1. The van der Waals surface area contributed by atoms with Crippen molar-refractivity contribution >= 4 is 11.9 Å². The Morgan fingerprint density at radius 3 is 2.40 bits per heavy atom. The van der Waals surface area contributed by atoms with E-state index in [1.54, 1.807) is 25.1 Å². The van der Waals surface area contributed by atoms with Gasteiger partial charge >= 0.3 is 5.97 Å². The molecule has 0 aliphatic heterocycles. The zero-order valence-corrected chi connectivity index (χ0v) is 12.6. The maximum atomic E-state index is 12.5. The van der Waals surface area contributed by atoms with Crippen molar-refractivity contribution in [2.75, 3.05) is 13.7 Å². The van der Waals surface area contributed by atoms with E-state index in [1.807, 2.05) is 6.92 Å².